The molecule has 0 saturated heterocycles. The van der Waals surface area contributed by atoms with E-state index in [0.29, 0.717) is 0 Å². The van der Waals surface area contributed by atoms with E-state index < -0.39 is 0 Å². The summed E-state index contributed by atoms with van der Waals surface area (Å²) in [5.74, 6) is 13.9. The summed E-state index contributed by atoms with van der Waals surface area (Å²) in [7, 11) is 3.92. The van der Waals surface area contributed by atoms with Gasteiger partial charge >= 0.3 is 0 Å². The zero-order valence-electron chi connectivity index (χ0n) is 20.0. The van der Waals surface area contributed by atoms with Crippen LogP contribution in [-0.2, 0) is 14.1 Å². The van der Waals surface area contributed by atoms with Gasteiger partial charge in [-0.25, -0.2) is 9.97 Å². The first-order chi connectivity index (χ1) is 17.7. The fourth-order valence-electron chi connectivity index (χ4n) is 5.64. The maximum atomic E-state index is 4.21. The topological polar surface area (TPSA) is 35.6 Å². The van der Waals surface area contributed by atoms with Crippen LogP contribution in [0.25, 0.3) is 0 Å². The van der Waals surface area contributed by atoms with Crippen LogP contribution in [0.5, 0.6) is 0 Å². The first kappa shape index (κ1) is 20.6. The summed E-state index contributed by atoms with van der Waals surface area (Å²) in [5, 5.41) is 0. The zero-order valence-corrected chi connectivity index (χ0v) is 20.0. The molecule has 0 saturated carbocycles. The molecule has 2 heterocycles. The van der Waals surface area contributed by atoms with Crippen LogP contribution < -0.4 is 0 Å². The third-order valence-electron chi connectivity index (χ3n) is 7.37. The van der Waals surface area contributed by atoms with Crippen molar-refractivity contribution in [3.05, 3.63) is 142 Å². The minimum atomic E-state index is 0.203. The molecule has 0 amide bonds. The molecule has 0 aliphatic heterocycles. The van der Waals surface area contributed by atoms with Gasteiger partial charge in [0.2, 0.25) is 0 Å². The number of nitrogens with zero attached hydrogens (tertiary/aromatic N) is 4. The number of aryl methyl sites for hydroxylation is 2. The van der Waals surface area contributed by atoms with Crippen LogP contribution in [0.4, 0.5) is 0 Å². The lowest BCUT2D eigenvalue weighted by atomic mass is 9.60. The first-order valence-corrected chi connectivity index (χ1v) is 12.0. The van der Waals surface area contributed by atoms with E-state index in [2.05, 4.69) is 94.3 Å². The summed E-state index contributed by atoms with van der Waals surface area (Å²) < 4.78 is 3.86. The van der Waals surface area contributed by atoms with Gasteiger partial charge in [0.25, 0.3) is 0 Å². The summed E-state index contributed by atoms with van der Waals surface area (Å²) in [6, 6.07) is 22.3. The monoisotopic (exact) mass is 462 g/mol. The standard InChI is InChI=1S/C32H22N4/c1-35-19-33-17-23(35)13-11-21-15-29-30(16-22(21)12-14-24-18-34-20-36(24)2)32-27-9-5-3-7-25(27)31(29)26-8-4-6-10-28(26)32/h3-10,15-20,31-32H,1-2H3. The SMILES string of the molecule is Cn1cncc1C#Cc1cc2c(cc1C#Cc1cncn1C)C1c3ccccc3C2c2ccccc21. The summed E-state index contributed by atoms with van der Waals surface area (Å²) in [4.78, 5) is 8.42. The van der Waals surface area contributed by atoms with E-state index in [1.165, 1.54) is 33.4 Å². The number of hydrogen-bond donors (Lipinski definition) is 0. The van der Waals surface area contributed by atoms with Gasteiger partial charge in [0, 0.05) is 37.1 Å². The van der Waals surface area contributed by atoms with Crippen molar-refractivity contribution in [1.29, 1.82) is 0 Å². The van der Waals surface area contributed by atoms with Crippen LogP contribution in [0.3, 0.4) is 0 Å². The van der Waals surface area contributed by atoms with Gasteiger partial charge in [0.05, 0.1) is 25.0 Å². The average molecular weight is 463 g/mol. The van der Waals surface area contributed by atoms with Gasteiger partial charge in [0.15, 0.2) is 0 Å². The van der Waals surface area contributed by atoms with Crippen molar-refractivity contribution in [3.63, 3.8) is 0 Å². The predicted octanol–water partition coefficient (Wildman–Crippen LogP) is 4.94. The van der Waals surface area contributed by atoms with Gasteiger partial charge in [-0.1, -0.05) is 60.4 Å². The molecular formula is C32H22N4. The van der Waals surface area contributed by atoms with Crippen molar-refractivity contribution in [2.75, 3.05) is 0 Å². The Morgan fingerprint density at radius 1 is 0.556 bits per heavy atom. The van der Waals surface area contributed by atoms with E-state index in [4.69, 9.17) is 0 Å². The highest BCUT2D eigenvalue weighted by Gasteiger charge is 2.41. The molecule has 0 spiro atoms. The van der Waals surface area contributed by atoms with E-state index in [9.17, 15) is 0 Å². The third kappa shape index (κ3) is 3.05. The largest absolute Gasteiger partial charge is 0.327 e. The van der Waals surface area contributed by atoms with Crippen molar-refractivity contribution >= 4 is 0 Å². The van der Waals surface area contributed by atoms with Crippen LogP contribution in [0.15, 0.2) is 85.7 Å². The zero-order chi connectivity index (χ0) is 24.2. The number of imidazole rings is 2. The Hall–Kier alpha value is -4.80. The minimum absolute atomic E-state index is 0.203. The lowest BCUT2D eigenvalue weighted by Crippen LogP contribution is -2.27. The Kier molecular flexibility index (Phi) is 4.50. The maximum absolute atomic E-state index is 4.21. The molecule has 4 nitrogen and oxygen atoms in total. The molecule has 3 aliphatic carbocycles. The van der Waals surface area contributed by atoms with E-state index in [1.54, 1.807) is 25.0 Å². The molecule has 8 rings (SSSR count). The molecule has 3 aliphatic rings. The lowest BCUT2D eigenvalue weighted by molar-refractivity contribution is 0.753. The molecule has 0 N–H and O–H groups in total. The van der Waals surface area contributed by atoms with Crippen LogP contribution in [0, 0.1) is 23.7 Å². The molecule has 36 heavy (non-hydrogen) atoms. The number of aromatic nitrogens is 4. The maximum Gasteiger partial charge on any atom is 0.112 e. The molecular weight excluding hydrogens is 440 g/mol. The van der Waals surface area contributed by atoms with Gasteiger partial charge < -0.3 is 9.13 Å². The Bertz CT molecular complexity index is 1620. The van der Waals surface area contributed by atoms with Crippen molar-refractivity contribution < 1.29 is 0 Å². The van der Waals surface area contributed by atoms with E-state index >= 15 is 0 Å². The third-order valence-corrected chi connectivity index (χ3v) is 7.37. The van der Waals surface area contributed by atoms with Gasteiger partial charge in [-0.2, -0.15) is 0 Å². The van der Waals surface area contributed by atoms with Crippen LogP contribution in [0.1, 0.15) is 67.7 Å². The van der Waals surface area contributed by atoms with Crippen molar-refractivity contribution in [1.82, 2.24) is 19.1 Å². The minimum Gasteiger partial charge on any atom is -0.327 e. The van der Waals surface area contributed by atoms with E-state index in [1.807, 2.05) is 23.2 Å². The average Bonchev–Trinajstić information content (AvgIpc) is 3.52. The quantitative estimate of drug-likeness (QED) is 0.299. The summed E-state index contributed by atoms with van der Waals surface area (Å²) in [6.45, 7) is 0. The number of hydrogen-bond acceptors (Lipinski definition) is 2. The number of benzene rings is 3. The Balaban J connectivity index is 1.46. The van der Waals surface area contributed by atoms with Crippen molar-refractivity contribution in [2.45, 2.75) is 11.8 Å². The normalized spacial score (nSPS) is 16.2. The summed E-state index contributed by atoms with van der Waals surface area (Å²) in [5.41, 5.74) is 11.9. The van der Waals surface area contributed by atoms with Crippen LogP contribution in [-0.4, -0.2) is 19.1 Å². The fourth-order valence-corrected chi connectivity index (χ4v) is 5.64. The van der Waals surface area contributed by atoms with E-state index in [0.717, 1.165) is 22.5 Å². The van der Waals surface area contributed by atoms with Gasteiger partial charge in [-0.3, -0.25) is 0 Å². The molecule has 0 fully saturated rings. The highest BCUT2D eigenvalue weighted by atomic mass is 15.0. The highest BCUT2D eigenvalue weighted by molar-refractivity contribution is 5.71. The van der Waals surface area contributed by atoms with E-state index in [-0.39, 0.29) is 11.8 Å². The van der Waals surface area contributed by atoms with Gasteiger partial charge in [-0.05, 0) is 57.4 Å². The smallest absolute Gasteiger partial charge is 0.112 e. The second kappa shape index (κ2) is 7.87. The molecule has 4 heteroatoms. The molecule has 5 aromatic rings. The second-order valence-electron chi connectivity index (χ2n) is 9.43. The summed E-state index contributed by atoms with van der Waals surface area (Å²) >= 11 is 0. The van der Waals surface area contributed by atoms with Crippen molar-refractivity contribution in [3.8, 4) is 23.7 Å². The lowest BCUT2D eigenvalue weighted by Gasteiger charge is -2.42. The predicted molar refractivity (Wildman–Crippen MR) is 140 cm³/mol. The highest BCUT2D eigenvalue weighted by Crippen LogP contribution is 2.55. The van der Waals surface area contributed by atoms with Crippen LogP contribution in [0.2, 0.25) is 0 Å². The number of rotatable bonds is 0. The fraction of sp³-hybridized carbons (Fsp3) is 0.125. The molecule has 2 aromatic heterocycles. The Morgan fingerprint density at radius 2 is 0.944 bits per heavy atom. The van der Waals surface area contributed by atoms with Gasteiger partial charge in [-0.15, -0.1) is 0 Å². The second-order valence-corrected chi connectivity index (χ2v) is 9.43. The van der Waals surface area contributed by atoms with Crippen LogP contribution >= 0.6 is 0 Å². The van der Waals surface area contributed by atoms with Crippen molar-refractivity contribution in [2.24, 2.45) is 14.1 Å². The first-order valence-electron chi connectivity index (χ1n) is 12.0. The molecule has 0 radical (unpaired) electrons. The molecule has 0 atom stereocenters. The molecule has 170 valence electrons. The Labute approximate surface area is 210 Å². The summed E-state index contributed by atoms with van der Waals surface area (Å²) in [6.07, 6.45) is 7.13. The molecule has 2 bridgehead atoms. The molecule has 3 aromatic carbocycles. The van der Waals surface area contributed by atoms with Gasteiger partial charge in [0.1, 0.15) is 11.4 Å². The Morgan fingerprint density at radius 3 is 1.28 bits per heavy atom. The molecule has 0 unspecified atom stereocenters.